The Morgan fingerprint density at radius 2 is 2.40 bits per heavy atom. The zero-order valence-electron chi connectivity index (χ0n) is 5.92. The summed E-state index contributed by atoms with van der Waals surface area (Å²) in [4.78, 5) is 0. The highest BCUT2D eigenvalue weighted by molar-refractivity contribution is 8.13. The molecule has 0 saturated heterocycles. The van der Waals surface area contributed by atoms with Crippen LogP contribution in [0.15, 0.2) is 17.8 Å². The van der Waals surface area contributed by atoms with Gasteiger partial charge < -0.3 is 11.6 Å². The van der Waals surface area contributed by atoms with Crippen molar-refractivity contribution in [2.45, 2.75) is 12.8 Å². The van der Waals surface area contributed by atoms with Gasteiger partial charge in [0.05, 0.1) is 0 Å². The van der Waals surface area contributed by atoms with Crippen molar-refractivity contribution >= 4 is 16.9 Å². The molecule has 0 heterocycles. The van der Waals surface area contributed by atoms with Crippen LogP contribution in [0.4, 0.5) is 0 Å². The highest BCUT2D eigenvalue weighted by atomic mass is 32.2. The summed E-state index contributed by atoms with van der Waals surface area (Å²) < 4.78 is 0. The number of nitrogens with two attached hydrogens (primary N) is 2. The lowest BCUT2D eigenvalue weighted by molar-refractivity contribution is 0.976. The van der Waals surface area contributed by atoms with E-state index in [1.165, 1.54) is 11.8 Å². The van der Waals surface area contributed by atoms with Crippen molar-refractivity contribution in [3.8, 4) is 0 Å². The van der Waals surface area contributed by atoms with Gasteiger partial charge >= 0.3 is 0 Å². The number of amidine groups is 1. The summed E-state index contributed by atoms with van der Waals surface area (Å²) in [6.07, 6.45) is 3.98. The average molecular weight is 159 g/mol. The minimum Gasteiger partial charge on any atom is -0.377 e. The predicted octanol–water partition coefficient (Wildman–Crippen LogP) is 0.874. The monoisotopic (exact) mass is 159 g/mol. The van der Waals surface area contributed by atoms with Gasteiger partial charge in [0, 0.05) is 5.75 Å². The van der Waals surface area contributed by atoms with Gasteiger partial charge in [-0.3, -0.25) is 0 Å². The third-order valence-corrected chi connectivity index (χ3v) is 1.82. The number of hydrogen-bond acceptors (Lipinski definition) is 3. The molecule has 3 nitrogen and oxygen atoms in total. The van der Waals surface area contributed by atoms with Crippen molar-refractivity contribution < 1.29 is 0 Å². The first-order valence-corrected chi connectivity index (χ1v) is 4.07. The smallest absolute Gasteiger partial charge is 0.177 e. The van der Waals surface area contributed by atoms with Gasteiger partial charge in [-0.15, -0.1) is 6.58 Å². The number of nitrogens with zero attached hydrogens (tertiary/aromatic N) is 1. The van der Waals surface area contributed by atoms with E-state index in [0.717, 1.165) is 18.6 Å². The molecule has 0 rings (SSSR count). The summed E-state index contributed by atoms with van der Waals surface area (Å²) in [5.74, 6) is 5.87. The summed E-state index contributed by atoms with van der Waals surface area (Å²) in [6, 6.07) is 0. The standard InChI is InChI=1S/C6H13N3S/c1-2-3-4-5-10-6(7)9-8/h2H,1,3-5,8H2,(H2,7,9). The van der Waals surface area contributed by atoms with Crippen LogP contribution in [0.5, 0.6) is 0 Å². The van der Waals surface area contributed by atoms with E-state index in [9.17, 15) is 0 Å². The second kappa shape index (κ2) is 6.48. The number of rotatable bonds is 4. The molecule has 4 heteroatoms. The van der Waals surface area contributed by atoms with Crippen LogP contribution in [0.2, 0.25) is 0 Å². The Morgan fingerprint density at radius 1 is 1.70 bits per heavy atom. The van der Waals surface area contributed by atoms with Crippen molar-refractivity contribution in [3.05, 3.63) is 12.7 Å². The molecule has 0 aromatic carbocycles. The van der Waals surface area contributed by atoms with E-state index in [1.54, 1.807) is 0 Å². The maximum Gasteiger partial charge on any atom is 0.177 e. The minimum atomic E-state index is 0.448. The van der Waals surface area contributed by atoms with Gasteiger partial charge in [-0.1, -0.05) is 17.8 Å². The van der Waals surface area contributed by atoms with Crippen molar-refractivity contribution in [3.63, 3.8) is 0 Å². The van der Waals surface area contributed by atoms with Crippen LogP contribution in [0.3, 0.4) is 0 Å². The number of hydrazone groups is 1. The normalized spacial score (nSPS) is 11.4. The van der Waals surface area contributed by atoms with E-state index in [1.807, 2.05) is 6.08 Å². The first-order valence-electron chi connectivity index (χ1n) is 3.08. The molecule has 0 radical (unpaired) electrons. The predicted molar refractivity (Wildman–Crippen MR) is 47.7 cm³/mol. The van der Waals surface area contributed by atoms with E-state index in [0.29, 0.717) is 5.17 Å². The maximum absolute atomic E-state index is 5.32. The second-order valence-corrected chi connectivity index (χ2v) is 2.86. The molecule has 0 atom stereocenters. The van der Waals surface area contributed by atoms with Gasteiger partial charge in [0.1, 0.15) is 0 Å². The van der Waals surface area contributed by atoms with Crippen molar-refractivity contribution in [1.29, 1.82) is 0 Å². The van der Waals surface area contributed by atoms with E-state index >= 15 is 0 Å². The number of thioether (sulfide) groups is 1. The zero-order chi connectivity index (χ0) is 7.82. The van der Waals surface area contributed by atoms with Crippen molar-refractivity contribution in [2.75, 3.05) is 5.75 Å². The molecule has 0 aromatic rings. The van der Waals surface area contributed by atoms with Gasteiger partial charge in [0.15, 0.2) is 5.17 Å². The Bertz CT molecular complexity index is 122. The Kier molecular flexibility index (Phi) is 6.06. The average Bonchev–Trinajstić information content (AvgIpc) is 1.98. The van der Waals surface area contributed by atoms with Gasteiger partial charge in [0.2, 0.25) is 0 Å². The largest absolute Gasteiger partial charge is 0.377 e. The number of unbranched alkanes of at least 4 members (excludes halogenated alkanes) is 1. The van der Waals surface area contributed by atoms with E-state index in [2.05, 4.69) is 11.7 Å². The molecule has 0 aromatic heterocycles. The van der Waals surface area contributed by atoms with Crippen LogP contribution in [0, 0.1) is 0 Å². The first-order chi connectivity index (χ1) is 4.81. The maximum atomic E-state index is 5.32. The highest BCUT2D eigenvalue weighted by Crippen LogP contribution is 2.03. The summed E-state index contributed by atoms with van der Waals surface area (Å²) in [5.41, 5.74) is 5.32. The van der Waals surface area contributed by atoms with Gasteiger partial charge in [-0.25, -0.2) is 0 Å². The van der Waals surface area contributed by atoms with Crippen LogP contribution >= 0.6 is 11.8 Å². The molecule has 0 aliphatic rings. The molecule has 0 bridgehead atoms. The second-order valence-electron chi connectivity index (χ2n) is 1.75. The number of hydrogen-bond donors (Lipinski definition) is 2. The van der Waals surface area contributed by atoms with Gasteiger partial charge in [-0.05, 0) is 12.8 Å². The van der Waals surface area contributed by atoms with Crippen molar-refractivity contribution in [1.82, 2.24) is 0 Å². The minimum absolute atomic E-state index is 0.448. The fourth-order valence-corrected chi connectivity index (χ4v) is 1.04. The molecule has 0 aliphatic heterocycles. The molecular formula is C6H13N3S. The van der Waals surface area contributed by atoms with Crippen LogP contribution in [-0.2, 0) is 0 Å². The molecular weight excluding hydrogens is 146 g/mol. The van der Waals surface area contributed by atoms with Crippen LogP contribution in [0.25, 0.3) is 0 Å². The molecule has 0 unspecified atom stereocenters. The van der Waals surface area contributed by atoms with E-state index in [-0.39, 0.29) is 0 Å². The van der Waals surface area contributed by atoms with E-state index in [4.69, 9.17) is 11.6 Å². The highest BCUT2D eigenvalue weighted by Gasteiger charge is 1.90. The molecule has 58 valence electrons. The molecule has 0 spiro atoms. The summed E-state index contributed by atoms with van der Waals surface area (Å²) in [6.45, 7) is 3.60. The third kappa shape index (κ3) is 5.50. The zero-order valence-corrected chi connectivity index (χ0v) is 6.73. The SMILES string of the molecule is C=CCCCSC(N)=NN. The fraction of sp³-hybridized carbons (Fsp3) is 0.500. The van der Waals surface area contributed by atoms with Crippen LogP contribution < -0.4 is 11.6 Å². The van der Waals surface area contributed by atoms with Gasteiger partial charge in [0.25, 0.3) is 0 Å². The Hall–Kier alpha value is -0.640. The molecule has 0 fully saturated rings. The summed E-state index contributed by atoms with van der Waals surface area (Å²) in [7, 11) is 0. The molecule has 0 aliphatic carbocycles. The fourth-order valence-electron chi connectivity index (χ4n) is 0.442. The molecule has 4 N–H and O–H groups in total. The molecule has 0 amide bonds. The molecule has 0 saturated carbocycles. The lowest BCUT2D eigenvalue weighted by Gasteiger charge is -1.95. The van der Waals surface area contributed by atoms with Crippen LogP contribution in [-0.4, -0.2) is 10.9 Å². The summed E-state index contributed by atoms with van der Waals surface area (Å²) >= 11 is 1.47. The third-order valence-electron chi connectivity index (χ3n) is 0.930. The Labute approximate surface area is 65.5 Å². The quantitative estimate of drug-likeness (QED) is 0.160. The topological polar surface area (TPSA) is 64.4 Å². The lowest BCUT2D eigenvalue weighted by Crippen LogP contribution is -2.09. The van der Waals surface area contributed by atoms with Crippen molar-refractivity contribution in [2.24, 2.45) is 16.7 Å². The molecule has 10 heavy (non-hydrogen) atoms. The van der Waals surface area contributed by atoms with E-state index < -0.39 is 0 Å². The lowest BCUT2D eigenvalue weighted by atomic mass is 10.3. The van der Waals surface area contributed by atoms with Crippen LogP contribution in [0.1, 0.15) is 12.8 Å². The van der Waals surface area contributed by atoms with Gasteiger partial charge in [-0.2, -0.15) is 5.10 Å². The Morgan fingerprint density at radius 3 is 2.90 bits per heavy atom. The first kappa shape index (κ1) is 9.36. The number of allylic oxidation sites excluding steroid dienone is 1. The Balaban J connectivity index is 3.11. The summed E-state index contributed by atoms with van der Waals surface area (Å²) in [5, 5.41) is 3.77.